The molecule has 0 spiro atoms. The van der Waals surface area contributed by atoms with Crippen LogP contribution in [0.4, 0.5) is 0 Å². The summed E-state index contributed by atoms with van der Waals surface area (Å²) in [5.74, 6) is 0.434. The average molecular weight is 257 g/mol. The summed E-state index contributed by atoms with van der Waals surface area (Å²) < 4.78 is 10.5. The van der Waals surface area contributed by atoms with Gasteiger partial charge in [0.05, 0.1) is 13.7 Å². The van der Waals surface area contributed by atoms with Crippen LogP contribution in [0.25, 0.3) is 0 Å². The van der Waals surface area contributed by atoms with Gasteiger partial charge in [0.15, 0.2) is 0 Å². The van der Waals surface area contributed by atoms with Gasteiger partial charge in [0.1, 0.15) is 6.04 Å². The Morgan fingerprint density at radius 3 is 2.50 bits per heavy atom. The molecule has 1 aliphatic carbocycles. The van der Waals surface area contributed by atoms with Gasteiger partial charge in [0.25, 0.3) is 0 Å². The van der Waals surface area contributed by atoms with E-state index < -0.39 is 0 Å². The summed E-state index contributed by atoms with van der Waals surface area (Å²) in [6, 6.07) is -0.106. The molecule has 1 N–H and O–H groups in total. The first-order valence-corrected chi connectivity index (χ1v) is 7.05. The highest BCUT2D eigenvalue weighted by atomic mass is 16.5. The van der Waals surface area contributed by atoms with Crippen LogP contribution >= 0.6 is 0 Å². The Morgan fingerprint density at radius 1 is 1.28 bits per heavy atom. The highest BCUT2D eigenvalue weighted by molar-refractivity contribution is 5.75. The number of carbonyl (C=O) groups excluding carboxylic acids is 1. The molecule has 0 aromatic heterocycles. The number of hydrogen-bond acceptors (Lipinski definition) is 4. The zero-order valence-corrected chi connectivity index (χ0v) is 11.9. The molecule has 0 amide bonds. The number of ether oxygens (including phenoxy) is 2. The van der Waals surface area contributed by atoms with Crippen molar-refractivity contribution in [2.24, 2.45) is 5.92 Å². The van der Waals surface area contributed by atoms with Crippen molar-refractivity contribution >= 4 is 5.97 Å². The molecule has 0 bridgehead atoms. The third-order valence-corrected chi connectivity index (χ3v) is 3.38. The number of rotatable bonds is 7. The van der Waals surface area contributed by atoms with Crippen molar-refractivity contribution < 1.29 is 14.3 Å². The first kappa shape index (κ1) is 15.4. The van der Waals surface area contributed by atoms with Gasteiger partial charge < -0.3 is 14.8 Å². The molecule has 18 heavy (non-hydrogen) atoms. The Morgan fingerprint density at radius 2 is 1.94 bits per heavy atom. The van der Waals surface area contributed by atoms with Crippen molar-refractivity contribution in [3.63, 3.8) is 0 Å². The van der Waals surface area contributed by atoms with Gasteiger partial charge in [-0.1, -0.05) is 33.1 Å². The lowest BCUT2D eigenvalue weighted by Gasteiger charge is -2.23. The number of esters is 1. The molecule has 0 aromatic carbocycles. The first-order chi connectivity index (χ1) is 8.63. The lowest BCUT2D eigenvalue weighted by molar-refractivity contribution is -0.145. The summed E-state index contributed by atoms with van der Waals surface area (Å²) in [5.41, 5.74) is 0. The van der Waals surface area contributed by atoms with Crippen LogP contribution in [0, 0.1) is 5.92 Å². The van der Waals surface area contributed by atoms with Gasteiger partial charge in [0.2, 0.25) is 0 Å². The van der Waals surface area contributed by atoms with Crippen molar-refractivity contribution in [3.8, 4) is 0 Å². The largest absolute Gasteiger partial charge is 0.468 e. The molecule has 0 aromatic rings. The van der Waals surface area contributed by atoms with E-state index in [2.05, 4.69) is 5.32 Å². The molecule has 0 aliphatic heterocycles. The maximum atomic E-state index is 11.6. The fraction of sp³-hybridized carbons (Fsp3) is 0.929. The quantitative estimate of drug-likeness (QED) is 0.710. The highest BCUT2D eigenvalue weighted by Crippen LogP contribution is 2.23. The van der Waals surface area contributed by atoms with Crippen LogP contribution in [0.1, 0.15) is 46.0 Å². The topological polar surface area (TPSA) is 47.6 Å². The molecule has 1 aliphatic rings. The SMILES string of the molecule is COC(=O)C(COCC1CCCCC1)NC(C)C. The molecule has 0 heterocycles. The van der Waals surface area contributed by atoms with Gasteiger partial charge in [-0.15, -0.1) is 0 Å². The number of nitrogens with one attached hydrogen (secondary N) is 1. The highest BCUT2D eigenvalue weighted by Gasteiger charge is 2.21. The fourth-order valence-electron chi connectivity index (χ4n) is 2.44. The Balaban J connectivity index is 2.25. The molecule has 106 valence electrons. The van der Waals surface area contributed by atoms with E-state index in [-0.39, 0.29) is 18.1 Å². The molecule has 0 radical (unpaired) electrons. The zero-order valence-electron chi connectivity index (χ0n) is 11.9. The predicted molar refractivity (Wildman–Crippen MR) is 71.5 cm³/mol. The molecule has 1 atom stereocenters. The Bertz CT molecular complexity index is 237. The third-order valence-electron chi connectivity index (χ3n) is 3.38. The molecule has 1 rings (SSSR count). The monoisotopic (exact) mass is 257 g/mol. The molecular weight excluding hydrogens is 230 g/mol. The minimum atomic E-state index is -0.349. The second-order valence-electron chi connectivity index (χ2n) is 5.44. The van der Waals surface area contributed by atoms with E-state index in [1.54, 1.807) is 0 Å². The van der Waals surface area contributed by atoms with Crippen molar-refractivity contribution in [3.05, 3.63) is 0 Å². The molecular formula is C14H27NO3. The van der Waals surface area contributed by atoms with E-state index in [1.165, 1.54) is 39.2 Å². The molecule has 0 saturated heterocycles. The van der Waals surface area contributed by atoms with Gasteiger partial charge >= 0.3 is 5.97 Å². The van der Waals surface area contributed by atoms with Crippen LogP contribution in [0.3, 0.4) is 0 Å². The van der Waals surface area contributed by atoms with Crippen LogP contribution in [-0.4, -0.2) is 38.4 Å². The van der Waals surface area contributed by atoms with E-state index in [9.17, 15) is 4.79 Å². The van der Waals surface area contributed by atoms with Gasteiger partial charge in [-0.05, 0) is 18.8 Å². The molecule has 4 nitrogen and oxygen atoms in total. The van der Waals surface area contributed by atoms with Crippen LogP contribution < -0.4 is 5.32 Å². The summed E-state index contributed by atoms with van der Waals surface area (Å²) in [5, 5.41) is 3.17. The minimum absolute atomic E-state index is 0.243. The van der Waals surface area contributed by atoms with E-state index in [4.69, 9.17) is 9.47 Å². The summed E-state index contributed by atoms with van der Waals surface area (Å²) in [6.45, 7) is 5.20. The smallest absolute Gasteiger partial charge is 0.325 e. The second-order valence-corrected chi connectivity index (χ2v) is 5.44. The van der Waals surface area contributed by atoms with Gasteiger partial charge in [-0.25, -0.2) is 0 Å². The summed E-state index contributed by atoms with van der Waals surface area (Å²) in [6.07, 6.45) is 6.52. The van der Waals surface area contributed by atoms with Crippen molar-refractivity contribution in [1.82, 2.24) is 5.32 Å². The summed E-state index contributed by atoms with van der Waals surface area (Å²) in [4.78, 5) is 11.6. The van der Waals surface area contributed by atoms with E-state index in [1.807, 2.05) is 13.8 Å². The van der Waals surface area contributed by atoms with E-state index in [0.29, 0.717) is 12.5 Å². The van der Waals surface area contributed by atoms with Crippen LogP contribution in [0.2, 0.25) is 0 Å². The van der Waals surface area contributed by atoms with Gasteiger partial charge in [-0.3, -0.25) is 4.79 Å². The molecule has 4 heteroatoms. The first-order valence-electron chi connectivity index (χ1n) is 7.05. The van der Waals surface area contributed by atoms with Crippen LogP contribution in [0.5, 0.6) is 0 Å². The average Bonchev–Trinajstić information content (AvgIpc) is 2.37. The lowest BCUT2D eigenvalue weighted by atomic mass is 9.90. The molecule has 1 unspecified atom stereocenters. The maximum Gasteiger partial charge on any atom is 0.325 e. The van der Waals surface area contributed by atoms with E-state index in [0.717, 1.165) is 6.61 Å². The normalized spacial score (nSPS) is 18.9. The van der Waals surface area contributed by atoms with Crippen LogP contribution in [0.15, 0.2) is 0 Å². The third kappa shape index (κ3) is 5.83. The Labute approximate surface area is 110 Å². The van der Waals surface area contributed by atoms with Crippen molar-refractivity contribution in [2.45, 2.75) is 58.0 Å². The zero-order chi connectivity index (χ0) is 13.4. The lowest BCUT2D eigenvalue weighted by Crippen LogP contribution is -2.45. The fourth-order valence-corrected chi connectivity index (χ4v) is 2.44. The molecule has 1 saturated carbocycles. The summed E-state index contributed by atoms with van der Waals surface area (Å²) in [7, 11) is 1.42. The Kier molecular flexibility index (Phi) is 7.28. The van der Waals surface area contributed by atoms with Crippen LogP contribution in [-0.2, 0) is 14.3 Å². The number of methoxy groups -OCH3 is 1. The van der Waals surface area contributed by atoms with Crippen molar-refractivity contribution in [1.29, 1.82) is 0 Å². The van der Waals surface area contributed by atoms with Crippen molar-refractivity contribution in [2.75, 3.05) is 20.3 Å². The second kappa shape index (κ2) is 8.48. The summed E-state index contributed by atoms with van der Waals surface area (Å²) >= 11 is 0. The number of hydrogen-bond donors (Lipinski definition) is 1. The standard InChI is InChI=1S/C14H27NO3/c1-11(2)15-13(14(16)17-3)10-18-9-12-7-5-4-6-8-12/h11-13,15H,4-10H2,1-3H3. The van der Waals surface area contributed by atoms with Gasteiger partial charge in [-0.2, -0.15) is 0 Å². The minimum Gasteiger partial charge on any atom is -0.468 e. The molecule has 1 fully saturated rings. The number of carbonyl (C=O) groups is 1. The van der Waals surface area contributed by atoms with E-state index >= 15 is 0 Å². The predicted octanol–water partition coefficient (Wildman–Crippen LogP) is 2.12. The maximum absolute atomic E-state index is 11.6. The Hall–Kier alpha value is -0.610. The van der Waals surface area contributed by atoms with Gasteiger partial charge in [0, 0.05) is 12.6 Å².